The fourth-order valence-corrected chi connectivity index (χ4v) is 1.09. The van der Waals surface area contributed by atoms with Crippen molar-refractivity contribution >= 4 is 11.8 Å². The molecule has 0 saturated carbocycles. The van der Waals surface area contributed by atoms with Gasteiger partial charge in [0.25, 0.3) is 0 Å². The number of alkyl halides is 3. The van der Waals surface area contributed by atoms with Gasteiger partial charge in [0.05, 0.1) is 12.2 Å². The van der Waals surface area contributed by atoms with E-state index in [1.165, 1.54) is 12.1 Å². The molecular formula is C11H12F3NO2. The lowest BCUT2D eigenvalue weighted by Gasteiger charge is -2.08. The molecule has 0 aliphatic heterocycles. The Hall–Kier alpha value is -1.72. The summed E-state index contributed by atoms with van der Waals surface area (Å²) in [5.41, 5.74) is -0.496. The zero-order chi connectivity index (χ0) is 12.9. The van der Waals surface area contributed by atoms with Gasteiger partial charge in [-0.05, 0) is 30.7 Å². The molecule has 0 spiro atoms. The Kier molecular flexibility index (Phi) is 4.37. The minimum absolute atomic E-state index is 0.263. The molecule has 0 radical (unpaired) electrons. The zero-order valence-electron chi connectivity index (χ0n) is 9.17. The van der Waals surface area contributed by atoms with Gasteiger partial charge in [-0.2, -0.15) is 13.2 Å². The molecule has 1 aromatic carbocycles. The highest BCUT2D eigenvalue weighted by molar-refractivity contribution is 5.84. The number of carbonyl (C=O) groups excluding carboxylic acids is 1. The van der Waals surface area contributed by atoms with E-state index in [1.54, 1.807) is 0 Å². The quantitative estimate of drug-likeness (QED) is 0.885. The van der Waals surface area contributed by atoms with Gasteiger partial charge in [-0.1, -0.05) is 6.92 Å². The van der Waals surface area contributed by atoms with Crippen LogP contribution in [0.5, 0.6) is 0 Å². The molecule has 0 atom stereocenters. The molecule has 0 bridgehead atoms. The van der Waals surface area contributed by atoms with E-state index >= 15 is 0 Å². The van der Waals surface area contributed by atoms with Crippen LogP contribution in [0.3, 0.4) is 0 Å². The van der Waals surface area contributed by atoms with Gasteiger partial charge in [0.1, 0.15) is 0 Å². The molecule has 1 N–H and O–H groups in total. The first-order valence-electron chi connectivity index (χ1n) is 5.04. The molecule has 0 aromatic heterocycles. The summed E-state index contributed by atoms with van der Waals surface area (Å²) in [6.45, 7) is 2.11. The lowest BCUT2D eigenvalue weighted by molar-refractivity contribution is -0.137. The third kappa shape index (κ3) is 4.34. The number of hydrogen-bond donors (Lipinski definition) is 1. The number of benzene rings is 1. The SMILES string of the molecule is CCCOC(=O)Nc1ccc(C(F)(F)F)cc1. The van der Waals surface area contributed by atoms with Gasteiger partial charge in [0.15, 0.2) is 0 Å². The van der Waals surface area contributed by atoms with Crippen molar-refractivity contribution in [3.8, 4) is 0 Å². The summed E-state index contributed by atoms with van der Waals surface area (Å²) in [5.74, 6) is 0. The topological polar surface area (TPSA) is 38.3 Å². The predicted molar refractivity (Wildman–Crippen MR) is 56.7 cm³/mol. The van der Waals surface area contributed by atoms with Crippen LogP contribution in [-0.4, -0.2) is 12.7 Å². The number of hydrogen-bond acceptors (Lipinski definition) is 2. The molecule has 6 heteroatoms. The highest BCUT2D eigenvalue weighted by atomic mass is 19.4. The van der Waals surface area contributed by atoms with Crippen LogP contribution in [0, 0.1) is 0 Å². The van der Waals surface area contributed by atoms with Crippen molar-refractivity contribution in [3.63, 3.8) is 0 Å². The normalized spacial score (nSPS) is 11.1. The molecule has 94 valence electrons. The molecule has 0 unspecified atom stereocenters. The average Bonchev–Trinajstić information content (AvgIpc) is 2.26. The van der Waals surface area contributed by atoms with Crippen LogP contribution in [0.2, 0.25) is 0 Å². The Balaban J connectivity index is 2.60. The number of amides is 1. The maximum absolute atomic E-state index is 12.2. The van der Waals surface area contributed by atoms with E-state index < -0.39 is 17.8 Å². The second-order valence-electron chi connectivity index (χ2n) is 3.34. The van der Waals surface area contributed by atoms with Crippen molar-refractivity contribution in [3.05, 3.63) is 29.8 Å². The molecule has 0 aliphatic carbocycles. The Morgan fingerprint density at radius 1 is 1.29 bits per heavy atom. The summed E-state index contributed by atoms with van der Waals surface area (Å²) in [5, 5.41) is 2.33. The number of anilines is 1. The van der Waals surface area contributed by atoms with Gasteiger partial charge in [0.2, 0.25) is 0 Å². The van der Waals surface area contributed by atoms with Crippen molar-refractivity contribution in [2.24, 2.45) is 0 Å². The second-order valence-corrected chi connectivity index (χ2v) is 3.34. The maximum atomic E-state index is 12.2. The first-order valence-corrected chi connectivity index (χ1v) is 5.04. The van der Waals surface area contributed by atoms with E-state index in [-0.39, 0.29) is 12.3 Å². The number of nitrogens with one attached hydrogen (secondary N) is 1. The molecule has 17 heavy (non-hydrogen) atoms. The Morgan fingerprint density at radius 3 is 2.35 bits per heavy atom. The van der Waals surface area contributed by atoms with E-state index in [9.17, 15) is 18.0 Å². The summed E-state index contributed by atoms with van der Waals surface area (Å²) in [4.78, 5) is 11.1. The van der Waals surface area contributed by atoms with Crippen molar-refractivity contribution in [2.45, 2.75) is 19.5 Å². The minimum Gasteiger partial charge on any atom is -0.449 e. The third-order valence-corrected chi connectivity index (χ3v) is 1.90. The molecule has 1 aromatic rings. The second kappa shape index (κ2) is 5.56. The van der Waals surface area contributed by atoms with E-state index in [4.69, 9.17) is 4.74 Å². The van der Waals surface area contributed by atoms with E-state index in [0.29, 0.717) is 6.42 Å². The van der Waals surface area contributed by atoms with E-state index in [0.717, 1.165) is 12.1 Å². The van der Waals surface area contributed by atoms with Gasteiger partial charge >= 0.3 is 12.3 Å². The smallest absolute Gasteiger partial charge is 0.416 e. The molecule has 0 fully saturated rings. The molecule has 0 heterocycles. The lowest BCUT2D eigenvalue weighted by Crippen LogP contribution is -2.14. The van der Waals surface area contributed by atoms with Crippen molar-refractivity contribution in [1.29, 1.82) is 0 Å². The fraction of sp³-hybridized carbons (Fsp3) is 0.364. The highest BCUT2D eigenvalue weighted by Gasteiger charge is 2.29. The summed E-state index contributed by atoms with van der Waals surface area (Å²) in [6.07, 6.45) is -4.37. The number of halogens is 3. The van der Waals surface area contributed by atoms with Gasteiger partial charge in [-0.25, -0.2) is 4.79 Å². The Morgan fingerprint density at radius 2 is 1.88 bits per heavy atom. The summed E-state index contributed by atoms with van der Waals surface area (Å²) >= 11 is 0. The highest BCUT2D eigenvalue weighted by Crippen LogP contribution is 2.29. The molecule has 0 aliphatic rings. The van der Waals surface area contributed by atoms with Gasteiger partial charge < -0.3 is 4.74 Å². The van der Waals surface area contributed by atoms with Crippen LogP contribution in [0.15, 0.2) is 24.3 Å². The van der Waals surface area contributed by atoms with Gasteiger partial charge in [0, 0.05) is 5.69 Å². The number of carbonyl (C=O) groups is 1. The maximum Gasteiger partial charge on any atom is 0.416 e. The fourth-order valence-electron chi connectivity index (χ4n) is 1.09. The molecule has 1 rings (SSSR count). The molecule has 1 amide bonds. The van der Waals surface area contributed by atoms with Crippen LogP contribution in [-0.2, 0) is 10.9 Å². The van der Waals surface area contributed by atoms with E-state index in [2.05, 4.69) is 5.32 Å². The van der Waals surface area contributed by atoms with Crippen molar-refractivity contribution < 1.29 is 22.7 Å². The van der Waals surface area contributed by atoms with Crippen molar-refractivity contribution in [1.82, 2.24) is 0 Å². The van der Waals surface area contributed by atoms with Gasteiger partial charge in [-0.3, -0.25) is 5.32 Å². The van der Waals surface area contributed by atoms with Crippen LogP contribution in [0.1, 0.15) is 18.9 Å². The summed E-state index contributed by atoms with van der Waals surface area (Å²) in [7, 11) is 0. The Labute approximate surface area is 96.6 Å². The first kappa shape index (κ1) is 13.3. The molecule has 3 nitrogen and oxygen atoms in total. The summed E-state index contributed by atoms with van der Waals surface area (Å²) in [6, 6.07) is 4.15. The van der Waals surface area contributed by atoms with Gasteiger partial charge in [-0.15, -0.1) is 0 Å². The predicted octanol–water partition coefficient (Wildman–Crippen LogP) is 3.66. The van der Waals surface area contributed by atoms with E-state index in [1.807, 2.05) is 6.92 Å². The van der Waals surface area contributed by atoms with Crippen LogP contribution in [0.25, 0.3) is 0 Å². The number of ether oxygens (including phenoxy) is 1. The minimum atomic E-state index is -4.37. The Bertz CT molecular complexity index is 373. The average molecular weight is 247 g/mol. The van der Waals surface area contributed by atoms with Crippen LogP contribution in [0.4, 0.5) is 23.7 Å². The van der Waals surface area contributed by atoms with Crippen molar-refractivity contribution in [2.75, 3.05) is 11.9 Å². The monoisotopic (exact) mass is 247 g/mol. The summed E-state index contributed by atoms with van der Waals surface area (Å²) < 4.78 is 41.4. The zero-order valence-corrected chi connectivity index (χ0v) is 9.17. The first-order chi connectivity index (χ1) is 7.93. The largest absolute Gasteiger partial charge is 0.449 e. The number of rotatable bonds is 3. The molecular weight excluding hydrogens is 235 g/mol. The van der Waals surface area contributed by atoms with Crippen LogP contribution < -0.4 is 5.32 Å². The van der Waals surface area contributed by atoms with Crippen LogP contribution >= 0.6 is 0 Å². The molecule has 0 saturated heterocycles. The standard InChI is InChI=1S/C11H12F3NO2/c1-2-7-17-10(16)15-9-5-3-8(4-6-9)11(12,13)14/h3-6H,2,7H2,1H3,(H,15,16). The lowest BCUT2D eigenvalue weighted by atomic mass is 10.2. The third-order valence-electron chi connectivity index (χ3n) is 1.90.